The molecule has 2 fully saturated rings. The number of rotatable bonds is 14. The summed E-state index contributed by atoms with van der Waals surface area (Å²) in [4.78, 5) is 32.4. The van der Waals surface area contributed by atoms with E-state index < -0.39 is 11.2 Å². The lowest BCUT2D eigenvalue weighted by Gasteiger charge is -2.38. The Labute approximate surface area is 330 Å². The molecule has 4 aliphatic rings. The van der Waals surface area contributed by atoms with Gasteiger partial charge in [-0.1, -0.05) is 85.0 Å². The van der Waals surface area contributed by atoms with Crippen molar-refractivity contribution in [3.8, 4) is 0 Å². The molecule has 2 aromatic carbocycles. The van der Waals surface area contributed by atoms with E-state index in [0.29, 0.717) is 69.6 Å². The summed E-state index contributed by atoms with van der Waals surface area (Å²) in [5.41, 5.74) is 1.03. The van der Waals surface area contributed by atoms with Gasteiger partial charge in [0.2, 0.25) is 0 Å². The fourth-order valence-electron chi connectivity index (χ4n) is 9.71. The molecule has 55 heavy (non-hydrogen) atoms. The Hall–Kier alpha value is -3.62. The van der Waals surface area contributed by atoms with Gasteiger partial charge in [0, 0.05) is 37.0 Å². The quantitative estimate of drug-likeness (QED) is 0.179. The maximum Gasteiger partial charge on any atom is 0.410 e. The Morgan fingerprint density at radius 1 is 0.582 bits per heavy atom. The number of amides is 2. The highest BCUT2D eigenvalue weighted by Gasteiger charge is 2.49. The van der Waals surface area contributed by atoms with Crippen molar-refractivity contribution in [3.05, 3.63) is 96.1 Å². The molecule has 0 bridgehead atoms. The van der Waals surface area contributed by atoms with Crippen LogP contribution in [0.5, 0.6) is 0 Å². The fraction of sp³-hybridized carbons (Fsp3) is 0.617. The van der Waals surface area contributed by atoms with Gasteiger partial charge < -0.3 is 28.7 Å². The summed E-state index contributed by atoms with van der Waals surface area (Å²) in [6, 6.07) is 20.6. The average molecular weight is 755 g/mol. The van der Waals surface area contributed by atoms with E-state index >= 15 is 0 Å². The molecular formula is C47H66N2O6. The van der Waals surface area contributed by atoms with Crippen molar-refractivity contribution in [1.82, 2.24) is 9.80 Å². The van der Waals surface area contributed by atoms with Crippen LogP contribution in [-0.4, -0.2) is 71.6 Å². The van der Waals surface area contributed by atoms with Gasteiger partial charge in [0.25, 0.3) is 0 Å². The molecule has 2 aromatic rings. The third-order valence-corrected chi connectivity index (χ3v) is 12.1. The minimum atomic E-state index is -0.634. The van der Waals surface area contributed by atoms with Crippen LogP contribution >= 0.6 is 0 Å². The van der Waals surface area contributed by atoms with Crippen molar-refractivity contribution >= 4 is 12.2 Å². The zero-order chi connectivity index (χ0) is 39.0. The standard InChI is InChI=1S/C47H66N2O6/c1-46(2,3)54-44(50)48(42-28-36-22-13-15-24-38(36)40(42)32-52-30-34-18-9-7-10-19-34)26-17-27-49(45(51)55-47(4,5)6)43-29-37-23-14-16-25-39(37)41(43)33-53-31-35-20-11-8-12-21-35/h7-16,18-21,36-43H,17,22-33H2,1-6H3/t36-,37-,38+,39+,40-,41-,42+,43?/m0/s1. The lowest BCUT2D eigenvalue weighted by atomic mass is 9.81. The molecule has 0 aromatic heterocycles. The number of nitrogens with zero attached hydrogens (tertiary/aromatic N) is 2. The molecule has 0 radical (unpaired) electrons. The number of ether oxygens (including phenoxy) is 4. The lowest BCUT2D eigenvalue weighted by Crippen LogP contribution is -2.50. The van der Waals surface area contributed by atoms with Crippen molar-refractivity contribution in [2.45, 2.75) is 123 Å². The third kappa shape index (κ3) is 11.3. The molecule has 300 valence electrons. The first kappa shape index (κ1) is 41.0. The highest BCUT2D eigenvalue weighted by molar-refractivity contribution is 5.69. The van der Waals surface area contributed by atoms with Crippen LogP contribution in [-0.2, 0) is 32.2 Å². The molecule has 0 saturated heterocycles. The Bertz CT molecular complexity index is 1460. The number of benzene rings is 2. The largest absolute Gasteiger partial charge is 0.444 e. The van der Waals surface area contributed by atoms with Crippen LogP contribution in [0.3, 0.4) is 0 Å². The number of allylic oxidation sites excluding steroid dienone is 4. The first-order valence-corrected chi connectivity index (χ1v) is 20.9. The Morgan fingerprint density at radius 3 is 1.35 bits per heavy atom. The molecule has 2 saturated carbocycles. The molecule has 4 aliphatic carbocycles. The van der Waals surface area contributed by atoms with Crippen molar-refractivity contribution in [1.29, 1.82) is 0 Å². The summed E-state index contributed by atoms with van der Waals surface area (Å²) in [5.74, 6) is 2.25. The second-order valence-electron chi connectivity index (χ2n) is 18.4. The normalized spacial score (nSPS) is 27.3. The van der Waals surface area contributed by atoms with E-state index in [2.05, 4.69) is 48.6 Å². The van der Waals surface area contributed by atoms with Gasteiger partial charge in [-0.3, -0.25) is 0 Å². The molecule has 0 heterocycles. The summed E-state index contributed by atoms with van der Waals surface area (Å²) in [5, 5.41) is 0. The predicted octanol–water partition coefficient (Wildman–Crippen LogP) is 10.2. The SMILES string of the molecule is CC(C)(C)OC(=O)N(CCCN(C(=O)OC(C)(C)C)[C@@H]1C[C@@H]2CC=CC[C@H]2[C@@H]1COCc1ccccc1)C1C[C@@H]2CC=CC[C@H]2[C@@H]1COCc1ccccc1. The van der Waals surface area contributed by atoms with Gasteiger partial charge in [-0.05, 0) is 121 Å². The fourth-order valence-corrected chi connectivity index (χ4v) is 9.71. The molecule has 0 N–H and O–H groups in total. The number of carbonyl (C=O) groups is 2. The molecule has 1 unspecified atom stereocenters. The average Bonchev–Trinajstić information content (AvgIpc) is 3.69. The number of hydrogen-bond acceptors (Lipinski definition) is 6. The second-order valence-corrected chi connectivity index (χ2v) is 18.4. The van der Waals surface area contributed by atoms with Crippen molar-refractivity contribution in [2.24, 2.45) is 35.5 Å². The van der Waals surface area contributed by atoms with E-state index in [-0.39, 0.29) is 36.1 Å². The van der Waals surface area contributed by atoms with Crippen molar-refractivity contribution in [2.75, 3.05) is 26.3 Å². The summed E-state index contributed by atoms with van der Waals surface area (Å²) in [6.45, 7) is 14.8. The van der Waals surface area contributed by atoms with Gasteiger partial charge >= 0.3 is 12.2 Å². The van der Waals surface area contributed by atoms with E-state index in [9.17, 15) is 9.59 Å². The monoisotopic (exact) mass is 754 g/mol. The van der Waals surface area contributed by atoms with Crippen molar-refractivity contribution < 1.29 is 28.5 Å². The van der Waals surface area contributed by atoms with E-state index in [1.807, 2.05) is 87.7 Å². The van der Waals surface area contributed by atoms with Crippen LogP contribution in [0.25, 0.3) is 0 Å². The molecule has 8 heteroatoms. The van der Waals surface area contributed by atoms with Crippen LogP contribution in [0, 0.1) is 35.5 Å². The first-order chi connectivity index (χ1) is 26.4. The maximum absolute atomic E-state index is 14.2. The molecule has 2 amide bonds. The highest BCUT2D eigenvalue weighted by Crippen LogP contribution is 2.48. The van der Waals surface area contributed by atoms with Crippen LogP contribution in [0.1, 0.15) is 97.6 Å². The molecule has 0 aliphatic heterocycles. The van der Waals surface area contributed by atoms with E-state index in [4.69, 9.17) is 18.9 Å². The summed E-state index contributed by atoms with van der Waals surface area (Å²) < 4.78 is 25.1. The van der Waals surface area contributed by atoms with E-state index in [1.54, 1.807) is 0 Å². The molecule has 0 spiro atoms. The molecular weight excluding hydrogens is 689 g/mol. The minimum Gasteiger partial charge on any atom is -0.444 e. The topological polar surface area (TPSA) is 77.5 Å². The number of carbonyl (C=O) groups excluding carboxylic acids is 2. The number of fused-ring (bicyclic) bond motifs is 2. The Balaban J connectivity index is 1.21. The molecule has 8 atom stereocenters. The van der Waals surface area contributed by atoms with Crippen molar-refractivity contribution in [3.63, 3.8) is 0 Å². The van der Waals surface area contributed by atoms with Crippen LogP contribution < -0.4 is 0 Å². The molecule has 8 nitrogen and oxygen atoms in total. The smallest absolute Gasteiger partial charge is 0.410 e. The minimum absolute atomic E-state index is 0.0185. The maximum atomic E-state index is 14.2. The van der Waals surface area contributed by atoms with Gasteiger partial charge in [-0.2, -0.15) is 0 Å². The van der Waals surface area contributed by atoms with Gasteiger partial charge in [-0.25, -0.2) is 9.59 Å². The number of hydrogen-bond donors (Lipinski definition) is 0. The van der Waals surface area contributed by atoms with Gasteiger partial charge in [-0.15, -0.1) is 0 Å². The zero-order valence-corrected chi connectivity index (χ0v) is 34.2. The van der Waals surface area contributed by atoms with E-state index in [1.165, 1.54) is 0 Å². The summed E-state index contributed by atoms with van der Waals surface area (Å²) in [6.07, 6.45) is 15.1. The third-order valence-electron chi connectivity index (χ3n) is 12.1. The van der Waals surface area contributed by atoms with Crippen LogP contribution in [0.4, 0.5) is 9.59 Å². The molecule has 6 rings (SSSR count). The summed E-state index contributed by atoms with van der Waals surface area (Å²) in [7, 11) is 0. The highest BCUT2D eigenvalue weighted by atomic mass is 16.6. The van der Waals surface area contributed by atoms with Gasteiger partial charge in [0.1, 0.15) is 11.2 Å². The first-order valence-electron chi connectivity index (χ1n) is 20.9. The zero-order valence-electron chi connectivity index (χ0n) is 34.2. The van der Waals surface area contributed by atoms with Crippen LogP contribution in [0.15, 0.2) is 85.0 Å². The summed E-state index contributed by atoms with van der Waals surface area (Å²) >= 11 is 0. The Morgan fingerprint density at radius 2 is 0.964 bits per heavy atom. The Kier molecular flexibility index (Phi) is 13.8. The van der Waals surface area contributed by atoms with E-state index in [0.717, 1.165) is 49.7 Å². The lowest BCUT2D eigenvalue weighted by molar-refractivity contribution is -0.00854. The predicted molar refractivity (Wildman–Crippen MR) is 217 cm³/mol. The van der Waals surface area contributed by atoms with Gasteiger partial charge in [0.15, 0.2) is 0 Å². The van der Waals surface area contributed by atoms with Crippen LogP contribution in [0.2, 0.25) is 0 Å². The second kappa shape index (κ2) is 18.5. The van der Waals surface area contributed by atoms with Gasteiger partial charge in [0.05, 0.1) is 26.4 Å².